The predicted molar refractivity (Wildman–Crippen MR) is 82.2 cm³/mol. The predicted octanol–water partition coefficient (Wildman–Crippen LogP) is 2.66. The quantitative estimate of drug-likeness (QED) is 0.802. The van der Waals surface area contributed by atoms with E-state index >= 15 is 0 Å². The molecule has 3 rings (SSSR count). The van der Waals surface area contributed by atoms with Crippen molar-refractivity contribution < 1.29 is 15.3 Å². The second-order valence-electron chi connectivity index (χ2n) is 7.13. The molecule has 0 heterocycles. The van der Waals surface area contributed by atoms with Gasteiger partial charge >= 0.3 is 0 Å². The average Bonchev–Trinajstić information content (AvgIpc) is 2.75. The summed E-state index contributed by atoms with van der Waals surface area (Å²) in [6.07, 6.45) is 5.50. The second kappa shape index (κ2) is 5.62. The lowest BCUT2D eigenvalue weighted by atomic mass is 9.65. The molecular formula is C18H26O3. The van der Waals surface area contributed by atoms with Gasteiger partial charge in [0.15, 0.2) is 0 Å². The summed E-state index contributed by atoms with van der Waals surface area (Å²) in [5, 5.41) is 29.3. The van der Waals surface area contributed by atoms with Crippen molar-refractivity contribution in [2.75, 3.05) is 6.61 Å². The molecule has 1 aromatic carbocycles. The van der Waals surface area contributed by atoms with Crippen LogP contribution in [0.1, 0.15) is 43.7 Å². The number of rotatable bonds is 3. The number of aromatic hydroxyl groups is 1. The van der Waals surface area contributed by atoms with Crippen LogP contribution in [0.3, 0.4) is 0 Å². The summed E-state index contributed by atoms with van der Waals surface area (Å²) in [6, 6.07) is 5.71. The normalized spacial score (nSPS) is 35.7. The molecule has 0 bridgehead atoms. The molecular weight excluding hydrogens is 264 g/mol. The van der Waals surface area contributed by atoms with Gasteiger partial charge < -0.3 is 15.3 Å². The minimum absolute atomic E-state index is 0.145. The first-order valence-corrected chi connectivity index (χ1v) is 8.14. The number of aliphatic hydroxyl groups is 2. The van der Waals surface area contributed by atoms with Crippen LogP contribution in [0.15, 0.2) is 18.2 Å². The fraction of sp³-hybridized carbons (Fsp3) is 0.667. The van der Waals surface area contributed by atoms with Gasteiger partial charge in [-0.2, -0.15) is 0 Å². The average molecular weight is 290 g/mol. The Morgan fingerprint density at radius 2 is 2.00 bits per heavy atom. The van der Waals surface area contributed by atoms with Crippen molar-refractivity contribution in [3.05, 3.63) is 29.3 Å². The molecule has 116 valence electrons. The van der Waals surface area contributed by atoms with E-state index in [0.29, 0.717) is 24.0 Å². The van der Waals surface area contributed by atoms with Crippen LogP contribution in [0.5, 0.6) is 5.75 Å². The molecule has 0 spiro atoms. The highest BCUT2D eigenvalue weighted by Gasteiger charge is 2.48. The van der Waals surface area contributed by atoms with Crippen LogP contribution in [0.4, 0.5) is 0 Å². The Bertz CT molecular complexity index is 513. The first kappa shape index (κ1) is 14.9. The first-order valence-electron chi connectivity index (χ1n) is 8.14. The summed E-state index contributed by atoms with van der Waals surface area (Å²) >= 11 is 0. The van der Waals surface area contributed by atoms with E-state index in [-0.39, 0.29) is 18.1 Å². The molecule has 1 fully saturated rings. The highest BCUT2D eigenvalue weighted by molar-refractivity contribution is 5.36. The van der Waals surface area contributed by atoms with Gasteiger partial charge in [-0.15, -0.1) is 0 Å². The Hall–Kier alpha value is -1.06. The zero-order valence-corrected chi connectivity index (χ0v) is 12.8. The monoisotopic (exact) mass is 290 g/mol. The van der Waals surface area contributed by atoms with E-state index in [4.69, 9.17) is 0 Å². The van der Waals surface area contributed by atoms with E-state index in [0.717, 1.165) is 32.1 Å². The maximum absolute atomic E-state index is 10.4. The van der Waals surface area contributed by atoms with Crippen molar-refractivity contribution >= 4 is 0 Å². The van der Waals surface area contributed by atoms with Gasteiger partial charge in [0.25, 0.3) is 0 Å². The summed E-state index contributed by atoms with van der Waals surface area (Å²) < 4.78 is 0. The summed E-state index contributed by atoms with van der Waals surface area (Å²) in [7, 11) is 0. The lowest BCUT2D eigenvalue weighted by molar-refractivity contribution is -0.000199. The van der Waals surface area contributed by atoms with E-state index in [9.17, 15) is 15.3 Å². The molecule has 0 aliphatic heterocycles. The van der Waals surface area contributed by atoms with Gasteiger partial charge in [-0.1, -0.05) is 13.0 Å². The molecule has 0 radical (unpaired) electrons. The molecule has 1 saturated carbocycles. The summed E-state index contributed by atoms with van der Waals surface area (Å²) in [6.45, 7) is 2.30. The van der Waals surface area contributed by atoms with Crippen LogP contribution in [0.25, 0.3) is 0 Å². The molecule has 0 amide bonds. The van der Waals surface area contributed by atoms with E-state index in [1.807, 2.05) is 12.1 Å². The molecule has 2 aliphatic rings. The van der Waals surface area contributed by atoms with Crippen LogP contribution in [0, 0.1) is 17.3 Å². The SMILES string of the molecule is C[C@@]1(CCO)[C@H](O)CC[C@H]1C1CCc2cc(O)ccc2C1. The maximum atomic E-state index is 10.4. The summed E-state index contributed by atoms with van der Waals surface area (Å²) in [5.74, 6) is 1.42. The van der Waals surface area contributed by atoms with Crippen LogP contribution < -0.4 is 0 Å². The van der Waals surface area contributed by atoms with Crippen LogP contribution in [-0.2, 0) is 12.8 Å². The molecule has 4 atom stereocenters. The number of phenolic OH excluding ortho intramolecular Hbond substituents is 1. The van der Waals surface area contributed by atoms with Crippen LogP contribution >= 0.6 is 0 Å². The maximum Gasteiger partial charge on any atom is 0.115 e. The third-order valence-electron chi connectivity index (χ3n) is 6.04. The molecule has 2 aliphatic carbocycles. The van der Waals surface area contributed by atoms with Gasteiger partial charge in [0.2, 0.25) is 0 Å². The van der Waals surface area contributed by atoms with E-state index in [2.05, 4.69) is 6.92 Å². The number of benzene rings is 1. The Morgan fingerprint density at radius 1 is 1.19 bits per heavy atom. The minimum atomic E-state index is -0.282. The van der Waals surface area contributed by atoms with Gasteiger partial charge in [-0.3, -0.25) is 0 Å². The van der Waals surface area contributed by atoms with Crippen molar-refractivity contribution in [3.63, 3.8) is 0 Å². The summed E-state index contributed by atoms with van der Waals surface area (Å²) in [4.78, 5) is 0. The molecule has 3 nitrogen and oxygen atoms in total. The highest BCUT2D eigenvalue weighted by Crippen LogP contribution is 2.51. The standard InChI is InChI=1S/C18H26O3/c1-18(8-9-19)16(6-7-17(18)21)14-3-2-13-11-15(20)5-4-12(13)10-14/h4-5,11,14,16-17,19-21H,2-3,6-10H2,1H3/t14?,16-,17+,18-/m0/s1. The Balaban J connectivity index is 1.80. The van der Waals surface area contributed by atoms with E-state index in [1.165, 1.54) is 11.1 Å². The lowest BCUT2D eigenvalue weighted by Gasteiger charge is -2.40. The minimum Gasteiger partial charge on any atom is -0.508 e. The number of hydrogen-bond acceptors (Lipinski definition) is 3. The fourth-order valence-electron chi connectivity index (χ4n) is 4.72. The van der Waals surface area contributed by atoms with Crippen molar-refractivity contribution in [1.82, 2.24) is 0 Å². The zero-order chi connectivity index (χ0) is 15.0. The number of fused-ring (bicyclic) bond motifs is 1. The van der Waals surface area contributed by atoms with Gasteiger partial charge in [0, 0.05) is 6.61 Å². The number of phenols is 1. The Labute approximate surface area is 126 Å². The topological polar surface area (TPSA) is 60.7 Å². The van der Waals surface area contributed by atoms with Crippen molar-refractivity contribution in [2.45, 2.75) is 51.6 Å². The van der Waals surface area contributed by atoms with Crippen molar-refractivity contribution in [3.8, 4) is 5.75 Å². The molecule has 3 N–H and O–H groups in total. The van der Waals surface area contributed by atoms with Crippen molar-refractivity contribution in [2.24, 2.45) is 17.3 Å². The molecule has 0 saturated heterocycles. The number of aliphatic hydroxyl groups excluding tert-OH is 2. The smallest absolute Gasteiger partial charge is 0.115 e. The van der Waals surface area contributed by atoms with Crippen molar-refractivity contribution in [1.29, 1.82) is 0 Å². The number of hydrogen-bond donors (Lipinski definition) is 3. The molecule has 0 aromatic heterocycles. The van der Waals surface area contributed by atoms with Crippen LogP contribution in [-0.4, -0.2) is 28.0 Å². The summed E-state index contributed by atoms with van der Waals surface area (Å²) in [5.41, 5.74) is 2.47. The second-order valence-corrected chi connectivity index (χ2v) is 7.13. The molecule has 21 heavy (non-hydrogen) atoms. The zero-order valence-electron chi connectivity index (χ0n) is 12.8. The van der Waals surface area contributed by atoms with Gasteiger partial charge in [0.05, 0.1) is 6.10 Å². The van der Waals surface area contributed by atoms with Gasteiger partial charge in [-0.25, -0.2) is 0 Å². The van der Waals surface area contributed by atoms with Gasteiger partial charge in [0.1, 0.15) is 5.75 Å². The van der Waals surface area contributed by atoms with E-state index < -0.39 is 0 Å². The Kier molecular flexibility index (Phi) is 3.98. The van der Waals surface area contributed by atoms with Crippen LogP contribution in [0.2, 0.25) is 0 Å². The van der Waals surface area contributed by atoms with E-state index in [1.54, 1.807) is 6.07 Å². The first-order chi connectivity index (χ1) is 10.0. The Morgan fingerprint density at radius 3 is 2.76 bits per heavy atom. The molecule has 3 heteroatoms. The lowest BCUT2D eigenvalue weighted by Crippen LogP contribution is -2.38. The highest BCUT2D eigenvalue weighted by atomic mass is 16.3. The largest absolute Gasteiger partial charge is 0.508 e. The fourth-order valence-corrected chi connectivity index (χ4v) is 4.72. The van der Waals surface area contributed by atoms with Gasteiger partial charge in [-0.05, 0) is 79.0 Å². The third-order valence-corrected chi connectivity index (χ3v) is 6.04. The molecule has 1 unspecified atom stereocenters. The number of aryl methyl sites for hydroxylation is 1. The third kappa shape index (κ3) is 2.58. The molecule has 1 aromatic rings.